The summed E-state index contributed by atoms with van der Waals surface area (Å²) in [5.74, 6) is -0.649. The maximum absolute atomic E-state index is 13.6. The number of rotatable bonds is 4. The number of hydrogen-bond donors (Lipinski definition) is 1. The summed E-state index contributed by atoms with van der Waals surface area (Å²) in [6, 6.07) is 10.7. The number of carbonyl (C=O) groups is 1. The second kappa shape index (κ2) is 7.44. The highest BCUT2D eigenvalue weighted by Gasteiger charge is 2.25. The van der Waals surface area contributed by atoms with Crippen molar-refractivity contribution < 1.29 is 18.0 Å². The number of aromatic nitrogens is 1. The minimum absolute atomic E-state index is 0.135. The molecule has 4 rings (SSSR count). The fourth-order valence-corrected chi connectivity index (χ4v) is 3.39. The van der Waals surface area contributed by atoms with Crippen molar-refractivity contribution in [3.8, 4) is 0 Å². The molecule has 3 aromatic rings. The summed E-state index contributed by atoms with van der Waals surface area (Å²) in [5.41, 5.74) is 1.50. The third-order valence-electron chi connectivity index (χ3n) is 4.82. The van der Waals surface area contributed by atoms with Crippen molar-refractivity contribution in [1.29, 1.82) is 0 Å². The molecule has 0 aliphatic carbocycles. The number of nitrogens with one attached hydrogen (secondary N) is 1. The normalized spacial score (nSPS) is 15.9. The first-order valence-electron chi connectivity index (χ1n) is 8.91. The highest BCUT2D eigenvalue weighted by molar-refractivity contribution is 5.92. The monoisotopic (exact) mass is 371 g/mol. The molecule has 1 N–H and O–H groups in total. The van der Waals surface area contributed by atoms with E-state index in [1.807, 2.05) is 29.2 Å². The van der Waals surface area contributed by atoms with Gasteiger partial charge in [-0.1, -0.05) is 12.1 Å². The summed E-state index contributed by atoms with van der Waals surface area (Å²) in [7, 11) is 0. The SMILES string of the molecule is O=C(CN1CCC(c2nc3ccccc3o2)CC1)Nc1cc(F)ccc1F. The summed E-state index contributed by atoms with van der Waals surface area (Å²) >= 11 is 0. The van der Waals surface area contributed by atoms with Gasteiger partial charge in [-0.25, -0.2) is 13.8 Å². The molecule has 0 saturated carbocycles. The van der Waals surface area contributed by atoms with Crippen LogP contribution < -0.4 is 5.32 Å². The zero-order chi connectivity index (χ0) is 18.8. The van der Waals surface area contributed by atoms with Crippen LogP contribution in [-0.4, -0.2) is 35.4 Å². The van der Waals surface area contributed by atoms with Gasteiger partial charge in [-0.3, -0.25) is 9.69 Å². The smallest absolute Gasteiger partial charge is 0.238 e. The van der Waals surface area contributed by atoms with Gasteiger partial charge >= 0.3 is 0 Å². The minimum Gasteiger partial charge on any atom is -0.440 e. The lowest BCUT2D eigenvalue weighted by atomic mass is 9.97. The molecule has 0 radical (unpaired) electrons. The molecule has 1 aliphatic heterocycles. The van der Waals surface area contributed by atoms with Crippen LogP contribution in [-0.2, 0) is 4.79 Å². The quantitative estimate of drug-likeness (QED) is 0.755. The first-order valence-corrected chi connectivity index (χ1v) is 8.91. The summed E-state index contributed by atoms with van der Waals surface area (Å²) in [6.45, 7) is 1.56. The van der Waals surface area contributed by atoms with E-state index in [1.54, 1.807) is 0 Å². The predicted octanol–water partition coefficient (Wildman–Crippen LogP) is 3.92. The molecule has 2 heterocycles. The number of benzene rings is 2. The van der Waals surface area contributed by atoms with Gasteiger partial charge in [0.2, 0.25) is 5.91 Å². The fraction of sp³-hybridized carbons (Fsp3) is 0.300. The molecule has 1 fully saturated rings. The molecule has 7 heteroatoms. The van der Waals surface area contributed by atoms with E-state index in [2.05, 4.69) is 10.3 Å². The number of para-hydroxylation sites is 2. The topological polar surface area (TPSA) is 58.4 Å². The Morgan fingerprint density at radius 2 is 1.96 bits per heavy atom. The van der Waals surface area contributed by atoms with Gasteiger partial charge in [0, 0.05) is 12.0 Å². The van der Waals surface area contributed by atoms with E-state index in [4.69, 9.17) is 4.42 Å². The molecule has 27 heavy (non-hydrogen) atoms. The zero-order valence-corrected chi connectivity index (χ0v) is 14.6. The van der Waals surface area contributed by atoms with Crippen molar-refractivity contribution >= 4 is 22.7 Å². The van der Waals surface area contributed by atoms with Gasteiger partial charge in [-0.05, 0) is 50.2 Å². The second-order valence-electron chi connectivity index (χ2n) is 6.74. The lowest BCUT2D eigenvalue weighted by Gasteiger charge is -2.29. The van der Waals surface area contributed by atoms with Crippen LogP contribution in [0.3, 0.4) is 0 Å². The predicted molar refractivity (Wildman–Crippen MR) is 97.4 cm³/mol. The Hall–Kier alpha value is -2.80. The van der Waals surface area contributed by atoms with Crippen molar-refractivity contribution in [1.82, 2.24) is 9.88 Å². The molecule has 5 nitrogen and oxygen atoms in total. The zero-order valence-electron chi connectivity index (χ0n) is 14.6. The Morgan fingerprint density at radius 1 is 1.19 bits per heavy atom. The van der Waals surface area contributed by atoms with Gasteiger partial charge in [0.25, 0.3) is 0 Å². The highest BCUT2D eigenvalue weighted by Crippen LogP contribution is 2.29. The highest BCUT2D eigenvalue weighted by atomic mass is 19.1. The Labute approximate surface area is 155 Å². The molecule has 0 spiro atoms. The van der Waals surface area contributed by atoms with Crippen LogP contribution in [0.1, 0.15) is 24.7 Å². The molecule has 0 bridgehead atoms. The third kappa shape index (κ3) is 3.98. The van der Waals surface area contributed by atoms with E-state index in [1.165, 1.54) is 0 Å². The molecule has 1 amide bonds. The van der Waals surface area contributed by atoms with Gasteiger partial charge in [0.1, 0.15) is 17.2 Å². The van der Waals surface area contributed by atoms with Crippen LogP contribution in [0.15, 0.2) is 46.9 Å². The number of piperidine rings is 1. The van der Waals surface area contributed by atoms with Crippen molar-refractivity contribution in [3.63, 3.8) is 0 Å². The first-order chi connectivity index (χ1) is 13.1. The number of amides is 1. The minimum atomic E-state index is -0.653. The average molecular weight is 371 g/mol. The van der Waals surface area contributed by atoms with Crippen LogP contribution in [0.25, 0.3) is 11.1 Å². The van der Waals surface area contributed by atoms with Crippen molar-refractivity contribution in [2.24, 2.45) is 0 Å². The van der Waals surface area contributed by atoms with Gasteiger partial charge in [0.15, 0.2) is 11.5 Å². The second-order valence-corrected chi connectivity index (χ2v) is 6.74. The lowest BCUT2D eigenvalue weighted by Crippen LogP contribution is -2.38. The van der Waals surface area contributed by atoms with E-state index >= 15 is 0 Å². The Bertz CT molecular complexity index is 932. The van der Waals surface area contributed by atoms with Crippen molar-refractivity contribution in [3.05, 3.63) is 60.0 Å². The summed E-state index contributed by atoms with van der Waals surface area (Å²) in [6.07, 6.45) is 1.66. The van der Waals surface area contributed by atoms with Crippen LogP contribution in [0.5, 0.6) is 0 Å². The molecule has 0 unspecified atom stereocenters. The third-order valence-corrected chi connectivity index (χ3v) is 4.82. The van der Waals surface area contributed by atoms with E-state index in [-0.39, 0.29) is 24.1 Å². The van der Waals surface area contributed by atoms with Crippen molar-refractivity contribution in [2.75, 3.05) is 25.0 Å². The van der Waals surface area contributed by atoms with Gasteiger partial charge in [0.05, 0.1) is 12.2 Å². The van der Waals surface area contributed by atoms with Crippen LogP contribution in [0.4, 0.5) is 14.5 Å². The number of halogens is 2. The number of oxazole rings is 1. The van der Waals surface area contributed by atoms with E-state index in [0.29, 0.717) is 13.1 Å². The first kappa shape index (κ1) is 17.6. The molecule has 1 aromatic heterocycles. The number of anilines is 1. The molecular formula is C20H19F2N3O2. The average Bonchev–Trinajstić information content (AvgIpc) is 3.09. The Kier molecular flexibility index (Phi) is 4.85. The molecule has 1 aliphatic rings. The maximum atomic E-state index is 13.6. The molecule has 0 atom stereocenters. The van der Waals surface area contributed by atoms with E-state index in [0.717, 1.165) is 48.0 Å². The molecular weight excluding hydrogens is 352 g/mol. The molecule has 140 valence electrons. The van der Waals surface area contributed by atoms with Crippen LogP contribution >= 0.6 is 0 Å². The van der Waals surface area contributed by atoms with E-state index < -0.39 is 11.6 Å². The number of carbonyl (C=O) groups excluding carboxylic acids is 1. The lowest BCUT2D eigenvalue weighted by molar-refractivity contribution is -0.117. The Morgan fingerprint density at radius 3 is 2.74 bits per heavy atom. The molecule has 1 saturated heterocycles. The number of nitrogens with zero attached hydrogens (tertiary/aromatic N) is 2. The van der Waals surface area contributed by atoms with Crippen LogP contribution in [0.2, 0.25) is 0 Å². The standard InChI is InChI=1S/C20H19F2N3O2/c21-14-5-6-15(22)17(11-14)23-19(26)12-25-9-7-13(8-10-25)20-24-16-3-1-2-4-18(16)27-20/h1-6,11,13H,7-10,12H2,(H,23,26). The number of likely N-dealkylation sites (tertiary alicyclic amines) is 1. The van der Waals surface area contributed by atoms with E-state index in [9.17, 15) is 13.6 Å². The largest absolute Gasteiger partial charge is 0.440 e. The van der Waals surface area contributed by atoms with Crippen LogP contribution in [0, 0.1) is 11.6 Å². The maximum Gasteiger partial charge on any atom is 0.238 e. The Balaban J connectivity index is 1.32. The van der Waals surface area contributed by atoms with Gasteiger partial charge < -0.3 is 9.73 Å². The summed E-state index contributed by atoms with van der Waals surface area (Å²) < 4.78 is 32.7. The van der Waals surface area contributed by atoms with Gasteiger partial charge in [-0.2, -0.15) is 0 Å². The number of fused-ring (bicyclic) bond motifs is 1. The fourth-order valence-electron chi connectivity index (χ4n) is 3.39. The summed E-state index contributed by atoms with van der Waals surface area (Å²) in [5, 5.41) is 2.43. The van der Waals surface area contributed by atoms with Gasteiger partial charge in [-0.15, -0.1) is 0 Å². The summed E-state index contributed by atoms with van der Waals surface area (Å²) in [4.78, 5) is 18.7. The van der Waals surface area contributed by atoms with Crippen molar-refractivity contribution in [2.45, 2.75) is 18.8 Å². The molecule has 2 aromatic carbocycles. The number of hydrogen-bond acceptors (Lipinski definition) is 4.